The van der Waals surface area contributed by atoms with Crippen LogP contribution in [0, 0.1) is 0 Å². The maximum Gasteiger partial charge on any atom is 0.154 e. The van der Waals surface area contributed by atoms with E-state index in [1.54, 1.807) is 0 Å². The molecule has 3 heteroatoms. The van der Waals surface area contributed by atoms with Crippen molar-refractivity contribution in [3.63, 3.8) is 0 Å². The Balaban J connectivity index is 1.10. The Morgan fingerprint density at radius 1 is 0.396 bits per heavy atom. The van der Waals surface area contributed by atoms with Crippen molar-refractivity contribution in [1.82, 2.24) is 4.98 Å². The first-order chi connectivity index (χ1) is 23.8. The Labute approximate surface area is 279 Å². The summed E-state index contributed by atoms with van der Waals surface area (Å²) in [5.41, 5.74) is 12.7. The van der Waals surface area contributed by atoms with Crippen LogP contribution in [0.1, 0.15) is 0 Å². The summed E-state index contributed by atoms with van der Waals surface area (Å²) in [4.78, 5) is 7.09. The van der Waals surface area contributed by atoms with Gasteiger partial charge in [-0.3, -0.25) is 4.98 Å². The molecule has 0 N–H and O–H groups in total. The quantitative estimate of drug-likeness (QED) is 0.187. The number of anilines is 3. The molecule has 2 aromatic heterocycles. The molecule has 9 rings (SSSR count). The molecule has 0 saturated carbocycles. The lowest BCUT2D eigenvalue weighted by atomic mass is 9.98. The van der Waals surface area contributed by atoms with Crippen LogP contribution in [0.4, 0.5) is 17.1 Å². The highest BCUT2D eigenvalue weighted by atomic mass is 16.3. The van der Waals surface area contributed by atoms with E-state index in [0.717, 1.165) is 50.3 Å². The zero-order valence-corrected chi connectivity index (χ0v) is 26.1. The van der Waals surface area contributed by atoms with E-state index in [-0.39, 0.29) is 0 Å². The number of fused-ring (bicyclic) bond motifs is 4. The Morgan fingerprint density at radius 3 is 1.65 bits per heavy atom. The molecule has 48 heavy (non-hydrogen) atoms. The molecule has 0 radical (unpaired) electrons. The SMILES string of the molecule is c1ccc(-c2ccc(N(c3ccc(-c4cnc5c(c4)oc4ccccc45)cc3)c3ccc(-c4cccc5ccccc45)cc3)cc2)cc1. The van der Waals surface area contributed by atoms with Gasteiger partial charge in [0, 0.05) is 34.2 Å². The van der Waals surface area contributed by atoms with E-state index >= 15 is 0 Å². The Hall–Kier alpha value is -6.45. The largest absolute Gasteiger partial charge is 0.454 e. The molecule has 0 fully saturated rings. The molecule has 2 heterocycles. The van der Waals surface area contributed by atoms with Gasteiger partial charge in [-0.05, 0) is 93.2 Å². The zero-order valence-electron chi connectivity index (χ0n) is 26.1. The van der Waals surface area contributed by atoms with E-state index in [0.29, 0.717) is 0 Å². The first kappa shape index (κ1) is 27.8. The molecule has 0 bridgehead atoms. The Morgan fingerprint density at radius 2 is 0.938 bits per heavy atom. The summed E-state index contributed by atoms with van der Waals surface area (Å²) in [6, 6.07) is 62.1. The summed E-state index contributed by atoms with van der Waals surface area (Å²) < 4.78 is 6.13. The van der Waals surface area contributed by atoms with Gasteiger partial charge in [0.2, 0.25) is 0 Å². The number of furan rings is 1. The van der Waals surface area contributed by atoms with Crippen LogP contribution in [0.3, 0.4) is 0 Å². The number of pyridine rings is 1. The molecule has 0 aliphatic carbocycles. The number of nitrogens with zero attached hydrogens (tertiary/aromatic N) is 2. The van der Waals surface area contributed by atoms with Crippen molar-refractivity contribution in [2.75, 3.05) is 4.90 Å². The predicted molar refractivity (Wildman–Crippen MR) is 200 cm³/mol. The van der Waals surface area contributed by atoms with E-state index in [4.69, 9.17) is 9.40 Å². The summed E-state index contributed by atoms with van der Waals surface area (Å²) in [6.07, 6.45) is 1.94. The van der Waals surface area contributed by atoms with Gasteiger partial charge >= 0.3 is 0 Å². The standard InChI is InChI=1S/C45H30N2O/c1-2-9-31(10-3-1)32-17-23-37(24-18-32)47(39-27-21-35(22-28-39)41-15-8-12-34-11-4-5-13-40(34)41)38-25-19-33(20-26-38)36-29-44-45(46-30-36)42-14-6-7-16-43(42)48-44/h1-30H. The first-order valence-corrected chi connectivity index (χ1v) is 16.2. The molecular formula is C45H30N2O. The number of hydrogen-bond acceptors (Lipinski definition) is 3. The molecule has 3 nitrogen and oxygen atoms in total. The summed E-state index contributed by atoms with van der Waals surface area (Å²) in [5, 5.41) is 3.54. The van der Waals surface area contributed by atoms with Crippen molar-refractivity contribution >= 4 is 49.9 Å². The summed E-state index contributed by atoms with van der Waals surface area (Å²) in [6.45, 7) is 0. The Bertz CT molecular complexity index is 2530. The normalized spacial score (nSPS) is 11.3. The van der Waals surface area contributed by atoms with Crippen molar-refractivity contribution in [1.29, 1.82) is 0 Å². The lowest BCUT2D eigenvalue weighted by Gasteiger charge is -2.26. The second-order valence-electron chi connectivity index (χ2n) is 12.0. The number of hydrogen-bond donors (Lipinski definition) is 0. The minimum Gasteiger partial charge on any atom is -0.454 e. The molecular weight excluding hydrogens is 585 g/mol. The van der Waals surface area contributed by atoms with Gasteiger partial charge in [-0.15, -0.1) is 0 Å². The van der Waals surface area contributed by atoms with Gasteiger partial charge in [-0.1, -0.05) is 121 Å². The highest BCUT2D eigenvalue weighted by molar-refractivity contribution is 6.03. The minimum absolute atomic E-state index is 0.796. The number of benzene rings is 7. The molecule has 0 unspecified atom stereocenters. The second kappa shape index (κ2) is 11.7. The Kier molecular flexibility index (Phi) is 6.80. The van der Waals surface area contributed by atoms with E-state index in [1.165, 1.54) is 33.0 Å². The van der Waals surface area contributed by atoms with Crippen LogP contribution in [-0.2, 0) is 0 Å². The minimum atomic E-state index is 0.796. The fourth-order valence-electron chi connectivity index (χ4n) is 6.70. The van der Waals surface area contributed by atoms with Gasteiger partial charge < -0.3 is 9.32 Å². The molecule has 0 saturated heterocycles. The van der Waals surface area contributed by atoms with Gasteiger partial charge in [0.05, 0.1) is 0 Å². The van der Waals surface area contributed by atoms with Crippen molar-refractivity contribution in [2.24, 2.45) is 0 Å². The molecule has 0 aliphatic heterocycles. The van der Waals surface area contributed by atoms with Crippen LogP contribution in [0.2, 0.25) is 0 Å². The van der Waals surface area contributed by atoms with E-state index < -0.39 is 0 Å². The molecule has 0 atom stereocenters. The molecule has 0 amide bonds. The fourth-order valence-corrected chi connectivity index (χ4v) is 6.70. The zero-order chi connectivity index (χ0) is 31.9. The van der Waals surface area contributed by atoms with Gasteiger partial charge in [-0.25, -0.2) is 0 Å². The lowest BCUT2D eigenvalue weighted by Crippen LogP contribution is -2.09. The third kappa shape index (κ3) is 4.99. The first-order valence-electron chi connectivity index (χ1n) is 16.2. The average molecular weight is 615 g/mol. The van der Waals surface area contributed by atoms with Crippen LogP contribution >= 0.6 is 0 Å². The van der Waals surface area contributed by atoms with Crippen molar-refractivity contribution < 1.29 is 4.42 Å². The third-order valence-corrected chi connectivity index (χ3v) is 9.13. The summed E-state index contributed by atoms with van der Waals surface area (Å²) in [5.74, 6) is 0. The second-order valence-corrected chi connectivity index (χ2v) is 12.0. The van der Waals surface area contributed by atoms with Crippen LogP contribution in [0.15, 0.2) is 187 Å². The summed E-state index contributed by atoms with van der Waals surface area (Å²) in [7, 11) is 0. The molecule has 9 aromatic rings. The van der Waals surface area contributed by atoms with Crippen LogP contribution in [0.5, 0.6) is 0 Å². The van der Waals surface area contributed by atoms with Crippen molar-refractivity contribution in [3.8, 4) is 33.4 Å². The fraction of sp³-hybridized carbons (Fsp3) is 0. The maximum absolute atomic E-state index is 6.13. The van der Waals surface area contributed by atoms with Gasteiger partial charge in [-0.2, -0.15) is 0 Å². The third-order valence-electron chi connectivity index (χ3n) is 9.13. The average Bonchev–Trinajstić information content (AvgIpc) is 3.54. The van der Waals surface area contributed by atoms with Gasteiger partial charge in [0.15, 0.2) is 5.58 Å². The number of para-hydroxylation sites is 1. The lowest BCUT2D eigenvalue weighted by molar-refractivity contribution is 0.668. The highest BCUT2D eigenvalue weighted by Gasteiger charge is 2.15. The van der Waals surface area contributed by atoms with Crippen LogP contribution < -0.4 is 4.90 Å². The van der Waals surface area contributed by atoms with Crippen molar-refractivity contribution in [3.05, 3.63) is 182 Å². The molecule has 0 aliphatic rings. The monoisotopic (exact) mass is 614 g/mol. The smallest absolute Gasteiger partial charge is 0.154 e. The number of aromatic nitrogens is 1. The highest BCUT2D eigenvalue weighted by Crippen LogP contribution is 2.39. The molecule has 226 valence electrons. The van der Waals surface area contributed by atoms with Crippen molar-refractivity contribution in [2.45, 2.75) is 0 Å². The molecule has 0 spiro atoms. The van der Waals surface area contributed by atoms with E-state index in [1.807, 2.05) is 24.4 Å². The van der Waals surface area contributed by atoms with E-state index in [2.05, 4.69) is 163 Å². The predicted octanol–water partition coefficient (Wildman–Crippen LogP) is 12.6. The topological polar surface area (TPSA) is 29.3 Å². The number of rotatable bonds is 6. The summed E-state index contributed by atoms with van der Waals surface area (Å²) >= 11 is 0. The van der Waals surface area contributed by atoms with Crippen LogP contribution in [0.25, 0.3) is 66.2 Å². The van der Waals surface area contributed by atoms with Gasteiger partial charge in [0.1, 0.15) is 11.1 Å². The molecule has 7 aromatic carbocycles. The van der Waals surface area contributed by atoms with E-state index in [9.17, 15) is 0 Å². The van der Waals surface area contributed by atoms with Gasteiger partial charge in [0.25, 0.3) is 0 Å². The maximum atomic E-state index is 6.13. The van der Waals surface area contributed by atoms with Crippen LogP contribution in [-0.4, -0.2) is 4.98 Å².